The number of sulfonamides is 1. The Bertz CT molecular complexity index is 785. The number of benzene rings is 1. The highest BCUT2D eigenvalue weighted by Gasteiger charge is 2.20. The molecule has 0 saturated carbocycles. The van der Waals surface area contributed by atoms with Gasteiger partial charge in [-0.2, -0.15) is 11.3 Å². The molecule has 1 atom stereocenters. The minimum atomic E-state index is -3.58. The van der Waals surface area contributed by atoms with Crippen LogP contribution in [0.3, 0.4) is 0 Å². The van der Waals surface area contributed by atoms with Crippen LogP contribution in [0.15, 0.2) is 39.9 Å². The van der Waals surface area contributed by atoms with E-state index in [0.717, 1.165) is 11.1 Å². The number of hydrogen-bond acceptors (Lipinski definition) is 5. The molecule has 0 radical (unpaired) electrons. The molecule has 1 N–H and O–H groups in total. The minimum absolute atomic E-state index is 0.00864. The van der Waals surface area contributed by atoms with E-state index in [1.165, 1.54) is 0 Å². The van der Waals surface area contributed by atoms with Crippen LogP contribution in [0.25, 0.3) is 0 Å². The van der Waals surface area contributed by atoms with Crippen molar-refractivity contribution >= 4 is 21.4 Å². The van der Waals surface area contributed by atoms with Crippen LogP contribution in [0.1, 0.15) is 31.0 Å². The average molecular weight is 383 g/mol. The zero-order valence-corrected chi connectivity index (χ0v) is 16.9. The molecule has 7 heteroatoms. The number of nitrogens with one attached hydrogen (secondary N) is 1. The molecule has 0 amide bonds. The Morgan fingerprint density at radius 3 is 2.48 bits per heavy atom. The summed E-state index contributed by atoms with van der Waals surface area (Å²) in [7, 11) is 0.310. The van der Waals surface area contributed by atoms with Crippen molar-refractivity contribution in [3.8, 4) is 5.75 Å². The lowest BCUT2D eigenvalue weighted by atomic mass is 10.1. The van der Waals surface area contributed by atoms with Crippen LogP contribution >= 0.6 is 11.3 Å². The van der Waals surface area contributed by atoms with Gasteiger partial charge in [0, 0.05) is 12.6 Å². The van der Waals surface area contributed by atoms with E-state index in [9.17, 15) is 8.42 Å². The predicted molar refractivity (Wildman–Crippen MR) is 103 cm³/mol. The SMILES string of the molecule is Cc1cc(S(=O)(=O)NCC(c2ccsc2)N(C)C)ccc1OC(C)C. The standard InChI is InChI=1S/C18H26N2O3S2/c1-13(2)23-18-7-6-16(10-14(18)3)25(21,22)19-11-17(20(4)5)15-8-9-24-12-15/h6-10,12-13,17,19H,11H2,1-5H3. The first-order chi connectivity index (χ1) is 11.7. The average Bonchev–Trinajstić information content (AvgIpc) is 3.02. The van der Waals surface area contributed by atoms with Crippen molar-refractivity contribution in [1.82, 2.24) is 9.62 Å². The third kappa shape index (κ3) is 5.28. The Morgan fingerprint density at radius 2 is 1.96 bits per heavy atom. The van der Waals surface area contributed by atoms with E-state index in [0.29, 0.717) is 12.3 Å². The molecule has 0 aliphatic carbocycles. The van der Waals surface area contributed by atoms with E-state index >= 15 is 0 Å². The number of rotatable bonds is 8. The number of likely N-dealkylation sites (N-methyl/N-ethyl adjacent to an activating group) is 1. The van der Waals surface area contributed by atoms with Gasteiger partial charge in [-0.05, 0) is 81.0 Å². The lowest BCUT2D eigenvalue weighted by molar-refractivity contribution is 0.240. The maximum Gasteiger partial charge on any atom is 0.240 e. The molecule has 0 fully saturated rings. The lowest BCUT2D eigenvalue weighted by Crippen LogP contribution is -2.34. The monoisotopic (exact) mass is 382 g/mol. The summed E-state index contributed by atoms with van der Waals surface area (Å²) in [6.45, 7) is 6.05. The van der Waals surface area contributed by atoms with Gasteiger partial charge < -0.3 is 9.64 Å². The van der Waals surface area contributed by atoms with Crippen molar-refractivity contribution in [2.24, 2.45) is 0 Å². The molecule has 1 heterocycles. The number of ether oxygens (including phenoxy) is 1. The highest BCUT2D eigenvalue weighted by atomic mass is 32.2. The zero-order valence-electron chi connectivity index (χ0n) is 15.3. The molecule has 2 rings (SSSR count). The molecule has 5 nitrogen and oxygen atoms in total. The second kappa shape index (κ2) is 8.31. The van der Waals surface area contributed by atoms with Crippen molar-refractivity contribution < 1.29 is 13.2 Å². The number of nitrogens with zero attached hydrogens (tertiary/aromatic N) is 1. The van der Waals surface area contributed by atoms with E-state index in [4.69, 9.17) is 4.74 Å². The van der Waals surface area contributed by atoms with Gasteiger partial charge in [0.2, 0.25) is 10.0 Å². The largest absolute Gasteiger partial charge is 0.491 e. The first kappa shape index (κ1) is 19.9. The summed E-state index contributed by atoms with van der Waals surface area (Å²) in [5.41, 5.74) is 1.91. The van der Waals surface area contributed by atoms with Crippen molar-refractivity contribution in [2.75, 3.05) is 20.6 Å². The molecule has 0 aliphatic rings. The number of thiophene rings is 1. The van der Waals surface area contributed by atoms with Gasteiger partial charge >= 0.3 is 0 Å². The van der Waals surface area contributed by atoms with Gasteiger partial charge in [-0.25, -0.2) is 13.1 Å². The van der Waals surface area contributed by atoms with Crippen LogP contribution in [-0.4, -0.2) is 40.1 Å². The topological polar surface area (TPSA) is 58.6 Å². The molecule has 1 unspecified atom stereocenters. The van der Waals surface area contributed by atoms with E-state index < -0.39 is 10.0 Å². The number of hydrogen-bond donors (Lipinski definition) is 1. The predicted octanol–water partition coefficient (Wildman–Crippen LogP) is 3.42. The fourth-order valence-electron chi connectivity index (χ4n) is 2.51. The van der Waals surface area contributed by atoms with Crippen LogP contribution in [0.2, 0.25) is 0 Å². The second-order valence-corrected chi connectivity index (χ2v) is 9.03. The maximum atomic E-state index is 12.6. The van der Waals surface area contributed by atoms with Gasteiger partial charge in [-0.1, -0.05) is 0 Å². The van der Waals surface area contributed by atoms with Crippen molar-refractivity contribution in [2.45, 2.75) is 37.8 Å². The third-order valence-corrected chi connectivity index (χ3v) is 5.96. The Morgan fingerprint density at radius 1 is 1.24 bits per heavy atom. The zero-order chi connectivity index (χ0) is 18.6. The summed E-state index contributed by atoms with van der Waals surface area (Å²) in [4.78, 5) is 2.26. The summed E-state index contributed by atoms with van der Waals surface area (Å²) in [5.74, 6) is 0.707. The molecule has 1 aromatic carbocycles. The molecule has 2 aromatic rings. The van der Waals surface area contributed by atoms with Crippen LogP contribution in [0.5, 0.6) is 5.75 Å². The third-order valence-electron chi connectivity index (χ3n) is 3.84. The van der Waals surface area contributed by atoms with Gasteiger partial charge in [0.1, 0.15) is 5.75 Å². The molecule has 0 saturated heterocycles. The quantitative estimate of drug-likeness (QED) is 0.760. The summed E-state index contributed by atoms with van der Waals surface area (Å²) >= 11 is 1.61. The van der Waals surface area contributed by atoms with Gasteiger partial charge in [0.15, 0.2) is 0 Å². The van der Waals surface area contributed by atoms with Gasteiger partial charge in [0.25, 0.3) is 0 Å². The molecular weight excluding hydrogens is 356 g/mol. The number of aryl methyl sites for hydroxylation is 1. The van der Waals surface area contributed by atoms with Crippen LogP contribution in [0.4, 0.5) is 0 Å². The fourth-order valence-corrected chi connectivity index (χ4v) is 4.34. The van der Waals surface area contributed by atoms with Crippen molar-refractivity contribution in [1.29, 1.82) is 0 Å². The molecule has 0 aliphatic heterocycles. The lowest BCUT2D eigenvalue weighted by Gasteiger charge is -2.24. The Kier molecular flexibility index (Phi) is 6.62. The Hall–Kier alpha value is -1.41. The molecule has 138 valence electrons. The van der Waals surface area contributed by atoms with Crippen LogP contribution < -0.4 is 9.46 Å². The van der Waals surface area contributed by atoms with E-state index in [1.54, 1.807) is 29.5 Å². The highest BCUT2D eigenvalue weighted by molar-refractivity contribution is 7.89. The van der Waals surface area contributed by atoms with Crippen LogP contribution in [-0.2, 0) is 10.0 Å². The highest BCUT2D eigenvalue weighted by Crippen LogP contribution is 2.24. The Labute approximate surface area is 154 Å². The van der Waals surface area contributed by atoms with Crippen LogP contribution in [0, 0.1) is 6.92 Å². The first-order valence-electron chi connectivity index (χ1n) is 8.16. The summed E-state index contributed by atoms with van der Waals surface area (Å²) < 4.78 is 33.7. The van der Waals surface area contributed by atoms with Gasteiger partial charge in [-0.15, -0.1) is 0 Å². The summed E-state index contributed by atoms with van der Waals surface area (Å²) in [6, 6.07) is 6.96. The molecular formula is C18H26N2O3S2. The summed E-state index contributed by atoms with van der Waals surface area (Å²) in [6.07, 6.45) is 0.0470. The van der Waals surface area contributed by atoms with Crippen molar-refractivity contribution in [3.63, 3.8) is 0 Å². The van der Waals surface area contributed by atoms with E-state index in [2.05, 4.69) is 4.72 Å². The first-order valence-corrected chi connectivity index (χ1v) is 10.6. The molecule has 25 heavy (non-hydrogen) atoms. The van der Waals surface area contributed by atoms with Gasteiger partial charge in [-0.3, -0.25) is 0 Å². The Balaban J connectivity index is 2.14. The maximum absolute atomic E-state index is 12.6. The van der Waals surface area contributed by atoms with E-state index in [-0.39, 0.29) is 17.0 Å². The fraction of sp³-hybridized carbons (Fsp3) is 0.444. The minimum Gasteiger partial charge on any atom is -0.491 e. The van der Waals surface area contributed by atoms with Crippen molar-refractivity contribution in [3.05, 3.63) is 46.2 Å². The van der Waals surface area contributed by atoms with Gasteiger partial charge in [0.05, 0.1) is 11.0 Å². The summed E-state index contributed by atoms with van der Waals surface area (Å²) in [5, 5.41) is 4.04. The smallest absolute Gasteiger partial charge is 0.240 e. The molecule has 1 aromatic heterocycles. The normalized spacial score (nSPS) is 13.4. The van der Waals surface area contributed by atoms with E-state index in [1.807, 2.05) is 56.6 Å². The molecule has 0 spiro atoms. The molecule has 0 bridgehead atoms. The second-order valence-electron chi connectivity index (χ2n) is 6.48.